The molecule has 0 aliphatic heterocycles. The molecular formula is C25H24O6P+. The average Bonchev–Trinajstić information content (AvgIpc) is 2.86. The van der Waals surface area contributed by atoms with Crippen LogP contribution < -0.4 is 0 Å². The summed E-state index contributed by atoms with van der Waals surface area (Å²) >= 11 is 0. The molecule has 32 heavy (non-hydrogen) atoms. The largest absolute Gasteiger partial charge is 0.465 e. The second-order valence-electron chi connectivity index (χ2n) is 7.02. The molecule has 0 aromatic heterocycles. The number of rotatable bonds is 6. The van der Waals surface area contributed by atoms with Crippen LogP contribution in [0.15, 0.2) is 72.8 Å². The second kappa shape index (κ2) is 9.75. The van der Waals surface area contributed by atoms with Gasteiger partial charge in [-0.05, 0) is 27.4 Å². The Balaban J connectivity index is 2.49. The number of methoxy groups -OCH3 is 3. The van der Waals surface area contributed by atoms with Crippen LogP contribution in [0.25, 0.3) is 0 Å². The van der Waals surface area contributed by atoms with E-state index in [2.05, 4.69) is 0 Å². The fourth-order valence-electron chi connectivity index (χ4n) is 3.86. The van der Waals surface area contributed by atoms with E-state index < -0.39 is 23.1 Å². The summed E-state index contributed by atoms with van der Waals surface area (Å²) in [4.78, 5) is 38.1. The summed E-state index contributed by atoms with van der Waals surface area (Å²) in [5.74, 6) is -1.58. The zero-order valence-corrected chi connectivity index (χ0v) is 19.5. The van der Waals surface area contributed by atoms with Gasteiger partial charge in [0.05, 0.1) is 38.0 Å². The lowest BCUT2D eigenvalue weighted by molar-refractivity contribution is 0.0592. The highest BCUT2D eigenvalue weighted by Gasteiger charge is 2.44. The molecular weight excluding hydrogens is 427 g/mol. The van der Waals surface area contributed by atoms with Crippen molar-refractivity contribution in [1.29, 1.82) is 0 Å². The molecule has 0 amide bonds. The summed E-state index contributed by atoms with van der Waals surface area (Å²) in [6, 6.07) is 20.9. The molecule has 0 saturated carbocycles. The highest BCUT2D eigenvalue weighted by molar-refractivity contribution is 7.19. The first kappa shape index (κ1) is 23.2. The fourth-order valence-corrected chi connectivity index (χ4v) is 4.79. The lowest BCUT2D eigenvalue weighted by Gasteiger charge is -2.30. The van der Waals surface area contributed by atoms with Gasteiger partial charge < -0.3 is 14.2 Å². The van der Waals surface area contributed by atoms with Crippen molar-refractivity contribution >= 4 is 27.1 Å². The normalized spacial score (nSPS) is 11.0. The van der Waals surface area contributed by atoms with Crippen LogP contribution in [0.4, 0.5) is 0 Å². The lowest BCUT2D eigenvalue weighted by Crippen LogP contribution is -2.29. The standard InChI is InChI=1S/C25H23O6P/c1-29-22(26)16-10-4-7-13-19(16)25(32,20-14-8-5-11-17(20)23(27)30-2)21-15-9-6-12-18(21)24(28)31-3/h4-15H,32H2,1-3H3/p+1. The van der Waals surface area contributed by atoms with Crippen LogP contribution >= 0.6 is 9.24 Å². The highest BCUT2D eigenvalue weighted by atomic mass is 31.0. The van der Waals surface area contributed by atoms with E-state index in [4.69, 9.17) is 14.2 Å². The summed E-state index contributed by atoms with van der Waals surface area (Å²) in [6.07, 6.45) is 0. The first-order chi connectivity index (χ1) is 15.4. The van der Waals surface area contributed by atoms with Crippen LogP contribution in [-0.4, -0.2) is 39.2 Å². The average molecular weight is 451 g/mol. The Morgan fingerprint density at radius 2 is 0.812 bits per heavy atom. The van der Waals surface area contributed by atoms with Gasteiger partial charge in [-0.25, -0.2) is 14.4 Å². The molecule has 0 saturated heterocycles. The molecule has 0 radical (unpaired) electrons. The summed E-state index contributed by atoms with van der Waals surface area (Å²) in [5.41, 5.74) is 2.71. The van der Waals surface area contributed by atoms with Crippen molar-refractivity contribution < 1.29 is 28.6 Å². The molecule has 0 N–H and O–H groups in total. The Morgan fingerprint density at radius 1 is 0.562 bits per heavy atom. The third kappa shape index (κ3) is 4.02. The van der Waals surface area contributed by atoms with Gasteiger partial charge in [0.15, 0.2) is 0 Å². The van der Waals surface area contributed by atoms with Crippen molar-refractivity contribution in [2.75, 3.05) is 21.3 Å². The van der Waals surface area contributed by atoms with Gasteiger partial charge in [-0.15, -0.1) is 0 Å². The fraction of sp³-hybridized carbons (Fsp3) is 0.160. The van der Waals surface area contributed by atoms with Gasteiger partial charge in [0.2, 0.25) is 0 Å². The topological polar surface area (TPSA) is 78.9 Å². The predicted molar refractivity (Wildman–Crippen MR) is 124 cm³/mol. The van der Waals surface area contributed by atoms with E-state index in [1.54, 1.807) is 82.0 Å². The Hall–Kier alpha value is -3.50. The maximum atomic E-state index is 12.7. The molecule has 1 atom stereocenters. The first-order valence-corrected chi connectivity index (χ1v) is 10.5. The molecule has 0 aliphatic carbocycles. The van der Waals surface area contributed by atoms with Crippen molar-refractivity contribution in [3.63, 3.8) is 0 Å². The molecule has 0 aliphatic rings. The van der Waals surface area contributed by atoms with E-state index in [9.17, 15) is 14.4 Å². The second-order valence-corrected chi connectivity index (χ2v) is 8.08. The van der Waals surface area contributed by atoms with Crippen molar-refractivity contribution in [1.82, 2.24) is 0 Å². The van der Waals surface area contributed by atoms with Gasteiger partial charge in [0, 0.05) is 16.7 Å². The number of hydrogen-bond donors (Lipinski definition) is 0. The van der Waals surface area contributed by atoms with Crippen molar-refractivity contribution in [2.24, 2.45) is 0 Å². The van der Waals surface area contributed by atoms with Crippen molar-refractivity contribution in [3.05, 3.63) is 106 Å². The molecule has 1 unspecified atom stereocenters. The first-order valence-electron chi connectivity index (χ1n) is 9.79. The van der Waals surface area contributed by atoms with Crippen molar-refractivity contribution in [3.8, 4) is 0 Å². The molecule has 0 spiro atoms. The molecule has 164 valence electrons. The zero-order valence-electron chi connectivity index (χ0n) is 18.1. The van der Waals surface area contributed by atoms with Crippen LogP contribution in [0.3, 0.4) is 0 Å². The molecule has 3 aromatic rings. The molecule has 3 rings (SSSR count). The minimum Gasteiger partial charge on any atom is -0.465 e. The number of carbonyl (C=O) groups is 3. The van der Waals surface area contributed by atoms with Gasteiger partial charge in [-0.2, -0.15) is 0 Å². The molecule has 3 aromatic carbocycles. The third-order valence-electron chi connectivity index (χ3n) is 5.38. The SMILES string of the molecule is COC(=O)c1ccccc1C([PH3+])(c1ccccc1C(=O)OC)c1ccccc1C(=O)OC. The van der Waals surface area contributed by atoms with Gasteiger partial charge >= 0.3 is 17.9 Å². The summed E-state index contributed by atoms with van der Waals surface area (Å²) < 4.78 is 15.1. The molecule has 0 fully saturated rings. The summed E-state index contributed by atoms with van der Waals surface area (Å²) in [7, 11) is 5.49. The molecule has 6 nitrogen and oxygen atoms in total. The molecule has 7 heteroatoms. The van der Waals surface area contributed by atoms with E-state index in [-0.39, 0.29) is 0 Å². The lowest BCUT2D eigenvalue weighted by atomic mass is 9.78. The van der Waals surface area contributed by atoms with Gasteiger partial charge in [0.25, 0.3) is 0 Å². The number of esters is 3. The minimum absolute atomic E-state index is 0.323. The predicted octanol–water partition coefficient (Wildman–Crippen LogP) is 3.95. The number of ether oxygens (including phenoxy) is 3. The molecule has 0 heterocycles. The Bertz CT molecular complexity index is 1030. The van der Waals surface area contributed by atoms with Crippen LogP contribution in [0.1, 0.15) is 47.8 Å². The monoisotopic (exact) mass is 451 g/mol. The van der Waals surface area contributed by atoms with Crippen LogP contribution in [0, 0.1) is 0 Å². The smallest absolute Gasteiger partial charge is 0.338 e. The van der Waals surface area contributed by atoms with Crippen molar-refractivity contribution in [2.45, 2.75) is 5.16 Å². The van der Waals surface area contributed by atoms with E-state index in [0.717, 1.165) is 0 Å². The summed E-state index contributed by atoms with van der Waals surface area (Å²) in [5, 5.41) is -1.08. The quantitative estimate of drug-likeness (QED) is 0.244. The Morgan fingerprint density at radius 3 is 1.06 bits per heavy atom. The number of benzene rings is 3. The zero-order chi connectivity index (χ0) is 23.3. The van der Waals surface area contributed by atoms with Crippen LogP contribution in [-0.2, 0) is 19.4 Å². The maximum Gasteiger partial charge on any atom is 0.338 e. The number of carbonyl (C=O) groups excluding carboxylic acids is 3. The van der Waals surface area contributed by atoms with E-state index >= 15 is 0 Å². The van der Waals surface area contributed by atoms with Gasteiger partial charge in [-0.1, -0.05) is 54.6 Å². The van der Waals surface area contributed by atoms with E-state index in [1.165, 1.54) is 21.3 Å². The van der Waals surface area contributed by atoms with Gasteiger partial charge in [0.1, 0.15) is 5.16 Å². The van der Waals surface area contributed by atoms with Crippen LogP contribution in [0.5, 0.6) is 0 Å². The molecule has 0 bridgehead atoms. The Kier molecular flexibility index (Phi) is 7.06. The summed E-state index contributed by atoms with van der Waals surface area (Å²) in [6.45, 7) is 0. The van der Waals surface area contributed by atoms with Gasteiger partial charge in [-0.3, -0.25) is 0 Å². The third-order valence-corrected chi connectivity index (χ3v) is 6.52. The number of hydrogen-bond acceptors (Lipinski definition) is 6. The highest BCUT2D eigenvalue weighted by Crippen LogP contribution is 2.49. The van der Waals surface area contributed by atoms with E-state index in [1.807, 2.05) is 0 Å². The Labute approximate surface area is 188 Å². The van der Waals surface area contributed by atoms with E-state index in [0.29, 0.717) is 33.4 Å². The van der Waals surface area contributed by atoms with Crippen LogP contribution in [0.2, 0.25) is 0 Å². The minimum atomic E-state index is -1.08. The maximum absolute atomic E-state index is 12.7.